The summed E-state index contributed by atoms with van der Waals surface area (Å²) in [6, 6.07) is 9.43. The summed E-state index contributed by atoms with van der Waals surface area (Å²) in [5.74, 6) is 0.965. The maximum Gasteiger partial charge on any atom is 0.357 e. The fraction of sp³-hybridized carbons (Fsp3) is 0.559. The van der Waals surface area contributed by atoms with Gasteiger partial charge in [0.25, 0.3) is 0 Å². The van der Waals surface area contributed by atoms with Gasteiger partial charge in [0.05, 0.1) is 16.8 Å². The summed E-state index contributed by atoms with van der Waals surface area (Å²) in [4.78, 5) is 25.4. The average molecular weight is 727 g/mol. The number of anilines is 2. The van der Waals surface area contributed by atoms with Gasteiger partial charge in [0.15, 0.2) is 35.6 Å². The second kappa shape index (κ2) is 15.0. The van der Waals surface area contributed by atoms with Crippen LogP contribution in [0, 0.1) is 6.92 Å². The largest absolute Gasteiger partial charge is 0.461 e. The minimum atomic E-state index is -1.82. The molecule has 1 aliphatic rings. The Balaban J connectivity index is 1.29. The molecular formula is C34H50N6O4S2Si2. The lowest BCUT2D eigenvalue weighted by atomic mass is 10.0. The molecule has 0 unspecified atom stereocenters. The molecule has 0 saturated heterocycles. The highest BCUT2D eigenvalue weighted by atomic mass is 32.1. The number of esters is 1. The maximum absolute atomic E-state index is 12.8. The first-order valence-corrected chi connectivity index (χ1v) is 25.1. The zero-order valence-corrected chi connectivity index (χ0v) is 33.5. The van der Waals surface area contributed by atoms with Gasteiger partial charge < -0.3 is 18.8 Å². The second-order valence-corrected chi connectivity index (χ2v) is 27.3. The van der Waals surface area contributed by atoms with Crippen molar-refractivity contribution in [2.24, 2.45) is 4.99 Å². The maximum atomic E-state index is 12.8. The molecule has 0 fully saturated rings. The van der Waals surface area contributed by atoms with Crippen molar-refractivity contribution in [2.45, 2.75) is 97.5 Å². The fourth-order valence-corrected chi connectivity index (χ4v) is 8.73. The van der Waals surface area contributed by atoms with E-state index in [-0.39, 0.29) is 5.04 Å². The number of hydrogen-bond donors (Lipinski definition) is 0. The van der Waals surface area contributed by atoms with Crippen LogP contribution in [-0.2, 0) is 27.1 Å². The molecule has 10 nitrogen and oxygen atoms in total. The molecule has 0 atom stereocenters. The van der Waals surface area contributed by atoms with Crippen LogP contribution in [0.1, 0.15) is 55.2 Å². The SMILES string of the molecule is Cc1c(/N=c2\sc3ccccc3n2COCC[Si](C)(C)C)nnc2c1CCCN2c1nc(C(=O)OCCCO[Si](C)(C)C(C)(C)C)cs1. The van der Waals surface area contributed by atoms with Crippen LogP contribution in [0.4, 0.5) is 16.8 Å². The van der Waals surface area contributed by atoms with Crippen molar-refractivity contribution in [1.82, 2.24) is 19.7 Å². The summed E-state index contributed by atoms with van der Waals surface area (Å²) in [5.41, 5.74) is 3.52. The molecule has 0 aliphatic carbocycles. The third-order valence-electron chi connectivity index (χ3n) is 9.09. The molecule has 4 aromatic rings. The molecule has 0 spiro atoms. The Bertz CT molecular complexity index is 1810. The molecule has 0 saturated carbocycles. The number of carbonyl (C=O) groups is 1. The lowest BCUT2D eigenvalue weighted by molar-refractivity contribution is 0.0478. The Morgan fingerprint density at radius 1 is 1.06 bits per heavy atom. The van der Waals surface area contributed by atoms with Gasteiger partial charge >= 0.3 is 5.97 Å². The molecular weight excluding hydrogens is 677 g/mol. The van der Waals surface area contributed by atoms with E-state index >= 15 is 0 Å². The van der Waals surface area contributed by atoms with E-state index < -0.39 is 22.4 Å². The topological polar surface area (TPSA) is 104 Å². The van der Waals surface area contributed by atoms with Crippen LogP contribution in [0.25, 0.3) is 10.2 Å². The normalized spacial score (nSPS) is 14.5. The van der Waals surface area contributed by atoms with E-state index in [2.05, 4.69) is 97.2 Å². The number of ether oxygens (including phenoxy) is 2. The van der Waals surface area contributed by atoms with Crippen molar-refractivity contribution in [1.29, 1.82) is 0 Å². The van der Waals surface area contributed by atoms with Crippen LogP contribution in [0.2, 0.25) is 43.8 Å². The number of rotatable bonds is 13. The summed E-state index contributed by atoms with van der Waals surface area (Å²) in [6.45, 7) is 23.1. The second-order valence-electron chi connectivity index (χ2n) is 15.1. The monoisotopic (exact) mass is 726 g/mol. The Labute approximate surface area is 294 Å². The van der Waals surface area contributed by atoms with Crippen molar-refractivity contribution in [3.63, 3.8) is 0 Å². The van der Waals surface area contributed by atoms with E-state index in [0.29, 0.717) is 43.0 Å². The summed E-state index contributed by atoms with van der Waals surface area (Å²) in [7, 11) is -3.01. The molecule has 5 rings (SSSR count). The highest BCUT2D eigenvalue weighted by molar-refractivity contribution is 7.16. The number of thiazole rings is 2. The minimum Gasteiger partial charge on any atom is -0.461 e. The van der Waals surface area contributed by atoms with Crippen molar-refractivity contribution in [2.75, 3.05) is 31.3 Å². The smallest absolute Gasteiger partial charge is 0.357 e. The van der Waals surface area contributed by atoms with Gasteiger partial charge in [-0.25, -0.2) is 9.78 Å². The minimum absolute atomic E-state index is 0.150. The summed E-state index contributed by atoms with van der Waals surface area (Å²) >= 11 is 3.05. The quantitative estimate of drug-likeness (QED) is 0.0768. The predicted molar refractivity (Wildman–Crippen MR) is 201 cm³/mol. The van der Waals surface area contributed by atoms with Crippen LogP contribution in [0.3, 0.4) is 0 Å². The van der Waals surface area contributed by atoms with Crippen LogP contribution >= 0.6 is 22.7 Å². The summed E-state index contributed by atoms with van der Waals surface area (Å²) in [6.07, 6.45) is 2.46. The number of benzene rings is 1. The highest BCUT2D eigenvalue weighted by Gasteiger charge is 2.37. The van der Waals surface area contributed by atoms with Gasteiger partial charge in [-0.15, -0.1) is 21.5 Å². The Kier molecular flexibility index (Phi) is 11.4. The zero-order valence-electron chi connectivity index (χ0n) is 29.9. The lowest BCUT2D eigenvalue weighted by Crippen LogP contribution is -2.41. The Morgan fingerprint density at radius 3 is 2.58 bits per heavy atom. The molecule has 0 amide bonds. The number of hydrogen-bond acceptors (Lipinski definition) is 11. The first-order valence-electron chi connectivity index (χ1n) is 16.8. The van der Waals surface area contributed by atoms with Crippen LogP contribution in [-0.4, -0.2) is 68.5 Å². The molecule has 0 N–H and O–H groups in total. The Hall–Kier alpha value is -2.76. The lowest BCUT2D eigenvalue weighted by Gasteiger charge is -2.36. The van der Waals surface area contributed by atoms with Crippen LogP contribution < -0.4 is 9.70 Å². The molecule has 0 radical (unpaired) electrons. The van der Waals surface area contributed by atoms with Gasteiger partial charge in [-0.2, -0.15) is 4.99 Å². The molecule has 14 heteroatoms. The molecule has 3 aromatic heterocycles. The van der Waals surface area contributed by atoms with Gasteiger partial charge in [0.1, 0.15) is 6.73 Å². The van der Waals surface area contributed by atoms with Crippen molar-refractivity contribution < 1.29 is 18.7 Å². The van der Waals surface area contributed by atoms with Gasteiger partial charge in [-0.05, 0) is 56.1 Å². The number of nitrogens with zero attached hydrogens (tertiary/aromatic N) is 6. The molecule has 260 valence electrons. The molecule has 1 aromatic carbocycles. The average Bonchev–Trinajstić information content (AvgIpc) is 3.64. The van der Waals surface area contributed by atoms with Gasteiger partial charge in [-0.3, -0.25) is 4.57 Å². The number of fused-ring (bicyclic) bond motifs is 2. The third-order valence-corrected chi connectivity index (χ3v) is 17.3. The number of carbonyl (C=O) groups excluding carboxylic acids is 1. The summed E-state index contributed by atoms with van der Waals surface area (Å²) in [5, 5.41) is 11.9. The molecule has 0 bridgehead atoms. The van der Waals surface area contributed by atoms with Crippen molar-refractivity contribution in [3.05, 3.63) is 51.3 Å². The fourth-order valence-electron chi connectivity index (χ4n) is 5.04. The summed E-state index contributed by atoms with van der Waals surface area (Å²) < 4.78 is 21.2. The van der Waals surface area contributed by atoms with Crippen LogP contribution in [0.5, 0.6) is 0 Å². The number of para-hydroxylation sites is 1. The predicted octanol–water partition coefficient (Wildman–Crippen LogP) is 8.46. The highest BCUT2D eigenvalue weighted by Crippen LogP contribution is 2.38. The van der Waals surface area contributed by atoms with E-state index in [1.807, 2.05) is 12.1 Å². The van der Waals surface area contributed by atoms with Gasteiger partial charge in [0.2, 0.25) is 0 Å². The van der Waals surface area contributed by atoms with E-state index in [9.17, 15) is 4.79 Å². The molecule has 48 heavy (non-hydrogen) atoms. The van der Waals surface area contributed by atoms with Gasteiger partial charge in [0, 0.05) is 50.8 Å². The zero-order chi connectivity index (χ0) is 34.7. The van der Waals surface area contributed by atoms with E-state index in [1.165, 1.54) is 11.3 Å². The van der Waals surface area contributed by atoms with E-state index in [1.54, 1.807) is 16.7 Å². The molecule has 4 heterocycles. The first kappa shape index (κ1) is 36.5. The Morgan fingerprint density at radius 2 is 1.83 bits per heavy atom. The van der Waals surface area contributed by atoms with Gasteiger partial charge in [-0.1, -0.05) is 63.9 Å². The third kappa shape index (κ3) is 8.69. The first-order chi connectivity index (χ1) is 22.6. The van der Waals surface area contributed by atoms with E-state index in [4.69, 9.17) is 18.9 Å². The standard InChI is InChI=1S/C34H50N6O4S2Si2/c1-24-25-14-12-17-39(32-35-26(22-45-32)31(41)43-18-13-19-44-48(8,9)34(2,3)4)30(25)38-37-29(24)36-33-40(23-42-20-21-47(5,6)7)27-15-10-11-16-28(27)46-33/h10-11,15-16,22H,12-14,17-21,23H2,1-9H3/b36-33-. The van der Waals surface area contributed by atoms with Crippen molar-refractivity contribution >= 4 is 72.0 Å². The van der Waals surface area contributed by atoms with E-state index in [0.717, 1.165) is 64.0 Å². The molecule has 1 aliphatic heterocycles. The number of aromatic nitrogens is 4. The van der Waals surface area contributed by atoms with Crippen molar-refractivity contribution in [3.8, 4) is 0 Å². The van der Waals surface area contributed by atoms with Crippen LogP contribution in [0.15, 0.2) is 34.6 Å².